The second kappa shape index (κ2) is 11.8. The molecule has 3 aromatic heterocycles. The summed E-state index contributed by atoms with van der Waals surface area (Å²) in [4.78, 5) is 32.7. The van der Waals surface area contributed by atoms with Crippen LogP contribution in [-0.2, 0) is 16.0 Å². The molecule has 0 unspecified atom stereocenters. The summed E-state index contributed by atoms with van der Waals surface area (Å²) < 4.78 is 41.0. The van der Waals surface area contributed by atoms with Gasteiger partial charge in [-0.2, -0.15) is 23.4 Å². The van der Waals surface area contributed by atoms with E-state index < -0.39 is 24.8 Å². The molecular weight excluding hydrogens is 535 g/mol. The number of carbonyl (C=O) groups is 2. The third-order valence-corrected chi connectivity index (χ3v) is 7.25. The van der Waals surface area contributed by atoms with Crippen LogP contribution in [0.25, 0.3) is 28.0 Å². The molecule has 0 atom stereocenters. The molecule has 1 fully saturated rings. The molecule has 41 heavy (non-hydrogen) atoms. The first-order valence-electron chi connectivity index (χ1n) is 13.5. The molecule has 216 valence electrons. The number of hydrogen-bond acceptors (Lipinski definition) is 6. The average molecular weight is 568 g/mol. The summed E-state index contributed by atoms with van der Waals surface area (Å²) in [7, 11) is 3.78. The van der Waals surface area contributed by atoms with Crippen LogP contribution in [-0.4, -0.2) is 85.8 Å². The van der Waals surface area contributed by atoms with Crippen molar-refractivity contribution in [2.75, 3.05) is 33.7 Å². The van der Waals surface area contributed by atoms with Gasteiger partial charge < -0.3 is 9.80 Å². The fraction of sp³-hybridized carbons (Fsp3) is 0.414. The maximum Gasteiger partial charge on any atom is 0.389 e. The Bertz CT molecular complexity index is 1530. The highest BCUT2D eigenvalue weighted by Gasteiger charge is 2.28. The van der Waals surface area contributed by atoms with Crippen molar-refractivity contribution in [3.8, 4) is 22.4 Å². The lowest BCUT2D eigenvalue weighted by Gasteiger charge is -2.32. The predicted octanol–water partition coefficient (Wildman–Crippen LogP) is 4.44. The van der Waals surface area contributed by atoms with E-state index in [-0.39, 0.29) is 18.4 Å². The number of amides is 1. The predicted molar refractivity (Wildman–Crippen MR) is 147 cm³/mol. The Morgan fingerprint density at radius 1 is 1.00 bits per heavy atom. The molecular formula is C29H32F3N7O2. The Labute approximate surface area is 235 Å². The number of halogens is 3. The zero-order chi connectivity index (χ0) is 29.1. The number of hydrogen-bond donors (Lipinski definition) is 0. The zero-order valence-electron chi connectivity index (χ0n) is 23.0. The summed E-state index contributed by atoms with van der Waals surface area (Å²) >= 11 is 0. The number of rotatable bonds is 9. The summed E-state index contributed by atoms with van der Waals surface area (Å²) in [5.74, 6) is -0.307. The van der Waals surface area contributed by atoms with Crippen molar-refractivity contribution in [1.82, 2.24) is 34.2 Å². The third kappa shape index (κ3) is 6.99. The second-order valence-electron chi connectivity index (χ2n) is 10.7. The van der Waals surface area contributed by atoms with Crippen LogP contribution in [0.5, 0.6) is 0 Å². The molecule has 1 aliphatic heterocycles. The highest BCUT2D eigenvalue weighted by atomic mass is 19.4. The van der Waals surface area contributed by atoms with Gasteiger partial charge in [-0.25, -0.2) is 9.50 Å². The Kier molecular flexibility index (Phi) is 8.20. The molecule has 0 aliphatic carbocycles. The maximum atomic E-state index is 12.5. The second-order valence-corrected chi connectivity index (χ2v) is 10.7. The number of piperidine rings is 1. The lowest BCUT2D eigenvalue weighted by atomic mass is 10.0. The van der Waals surface area contributed by atoms with E-state index in [9.17, 15) is 22.8 Å². The number of fused-ring (bicyclic) bond motifs is 1. The van der Waals surface area contributed by atoms with Gasteiger partial charge in [0.15, 0.2) is 5.65 Å². The van der Waals surface area contributed by atoms with Crippen molar-refractivity contribution in [1.29, 1.82) is 0 Å². The lowest BCUT2D eigenvalue weighted by Crippen LogP contribution is -2.43. The van der Waals surface area contributed by atoms with Gasteiger partial charge in [-0.1, -0.05) is 18.2 Å². The summed E-state index contributed by atoms with van der Waals surface area (Å²) in [5, 5.41) is 9.18. The molecule has 1 aliphatic rings. The fourth-order valence-electron chi connectivity index (χ4n) is 5.11. The molecule has 1 aromatic carbocycles. The summed E-state index contributed by atoms with van der Waals surface area (Å²) in [5.41, 5.74) is 4.52. The molecule has 0 spiro atoms. The Balaban J connectivity index is 1.26. The number of likely N-dealkylation sites (tertiary alicyclic amines) is 1. The van der Waals surface area contributed by atoms with Crippen LogP contribution in [0.2, 0.25) is 0 Å². The molecule has 12 heteroatoms. The fourth-order valence-corrected chi connectivity index (χ4v) is 5.11. The molecule has 0 radical (unpaired) electrons. The van der Waals surface area contributed by atoms with E-state index in [1.807, 2.05) is 46.9 Å². The molecule has 0 N–H and O–H groups in total. The molecule has 9 nitrogen and oxygen atoms in total. The van der Waals surface area contributed by atoms with Crippen molar-refractivity contribution < 1.29 is 22.8 Å². The van der Waals surface area contributed by atoms with Gasteiger partial charge in [-0.05, 0) is 44.6 Å². The van der Waals surface area contributed by atoms with Crippen LogP contribution in [0, 0.1) is 0 Å². The number of imidazole rings is 1. The van der Waals surface area contributed by atoms with Gasteiger partial charge in [0.1, 0.15) is 5.78 Å². The topological polar surface area (TPSA) is 88.6 Å². The number of Topliss-reactive ketones (excluding diaryl/α,β-unsaturated/α-hetero) is 1. The summed E-state index contributed by atoms with van der Waals surface area (Å²) in [6.07, 6.45) is 2.87. The van der Waals surface area contributed by atoms with E-state index in [1.54, 1.807) is 41.3 Å². The Morgan fingerprint density at radius 2 is 1.76 bits per heavy atom. The number of alkyl halides is 3. The van der Waals surface area contributed by atoms with Crippen LogP contribution in [0.4, 0.5) is 13.2 Å². The molecule has 4 aromatic rings. The number of ketones is 1. The minimum Gasteiger partial charge on any atom is -0.341 e. The van der Waals surface area contributed by atoms with Crippen LogP contribution >= 0.6 is 0 Å². The third-order valence-electron chi connectivity index (χ3n) is 7.25. The standard InChI is InChI=1S/C29H32F3N7O2/c1-36(2)19-28(41)37-10-7-24(8-11-37)38-18-23(16-34-38)22-14-27-33-17-26(39(27)35-15-22)21-5-3-4-20(12-21)13-25(40)6-9-29(30,31)32/h3-5,12,14-18,24H,6-11,13,19H2,1-2H3. The zero-order valence-corrected chi connectivity index (χ0v) is 23.0. The average Bonchev–Trinajstić information content (AvgIpc) is 3.59. The Hall–Kier alpha value is -4.06. The molecule has 1 amide bonds. The number of benzene rings is 1. The van der Waals surface area contributed by atoms with Crippen molar-refractivity contribution in [2.45, 2.75) is 44.3 Å². The SMILES string of the molecule is CN(C)CC(=O)N1CCC(n2cc(-c3cnn4c(-c5cccc(CC(=O)CCC(F)(F)F)c5)cnc4c3)cn2)CC1. The Morgan fingerprint density at radius 3 is 2.49 bits per heavy atom. The maximum absolute atomic E-state index is 12.5. The summed E-state index contributed by atoms with van der Waals surface area (Å²) in [6.45, 7) is 1.83. The van der Waals surface area contributed by atoms with Crippen molar-refractivity contribution >= 4 is 17.3 Å². The minimum atomic E-state index is -4.34. The van der Waals surface area contributed by atoms with Gasteiger partial charge >= 0.3 is 6.18 Å². The highest BCUT2D eigenvalue weighted by molar-refractivity contribution is 5.81. The van der Waals surface area contributed by atoms with Crippen LogP contribution < -0.4 is 0 Å². The molecule has 4 heterocycles. The minimum absolute atomic E-state index is 0.0619. The highest BCUT2D eigenvalue weighted by Crippen LogP contribution is 2.28. The first-order valence-corrected chi connectivity index (χ1v) is 13.5. The van der Waals surface area contributed by atoms with Crippen LogP contribution in [0.1, 0.15) is 37.3 Å². The number of carbonyl (C=O) groups excluding carboxylic acids is 2. The first-order chi connectivity index (χ1) is 19.6. The van der Waals surface area contributed by atoms with E-state index in [0.717, 1.165) is 29.5 Å². The van der Waals surface area contributed by atoms with Crippen molar-refractivity contribution in [2.24, 2.45) is 0 Å². The van der Waals surface area contributed by atoms with E-state index in [2.05, 4.69) is 15.2 Å². The first kappa shape index (κ1) is 28.5. The monoisotopic (exact) mass is 567 g/mol. The van der Waals surface area contributed by atoms with Crippen LogP contribution in [0.3, 0.4) is 0 Å². The molecule has 0 saturated carbocycles. The summed E-state index contributed by atoms with van der Waals surface area (Å²) in [6, 6.07) is 9.28. The van der Waals surface area contributed by atoms with Gasteiger partial charge in [0, 0.05) is 48.8 Å². The smallest absolute Gasteiger partial charge is 0.341 e. The van der Waals surface area contributed by atoms with Gasteiger partial charge in [0.25, 0.3) is 0 Å². The molecule has 5 rings (SSSR count). The number of likely N-dealkylation sites (N-methyl/N-ethyl adjacent to an activating group) is 1. The van der Waals surface area contributed by atoms with Crippen LogP contribution in [0.15, 0.2) is 55.1 Å². The molecule has 1 saturated heterocycles. The van der Waals surface area contributed by atoms with Gasteiger partial charge in [-0.3, -0.25) is 14.3 Å². The largest absolute Gasteiger partial charge is 0.389 e. The van der Waals surface area contributed by atoms with E-state index in [4.69, 9.17) is 0 Å². The van der Waals surface area contributed by atoms with Crippen molar-refractivity contribution in [3.05, 3.63) is 60.7 Å². The lowest BCUT2D eigenvalue weighted by molar-refractivity contribution is -0.143. The van der Waals surface area contributed by atoms with Crippen molar-refractivity contribution in [3.63, 3.8) is 0 Å². The van der Waals surface area contributed by atoms with Gasteiger partial charge in [-0.15, -0.1) is 0 Å². The quantitative estimate of drug-likeness (QED) is 0.297. The van der Waals surface area contributed by atoms with E-state index in [0.29, 0.717) is 36.5 Å². The number of nitrogens with zero attached hydrogens (tertiary/aromatic N) is 7. The number of aromatic nitrogens is 5. The van der Waals surface area contributed by atoms with Gasteiger partial charge in [0.05, 0.1) is 43.3 Å². The van der Waals surface area contributed by atoms with E-state index in [1.165, 1.54) is 0 Å². The van der Waals surface area contributed by atoms with Gasteiger partial charge in [0.2, 0.25) is 5.91 Å². The van der Waals surface area contributed by atoms with E-state index >= 15 is 0 Å². The normalized spacial score (nSPS) is 14.7. The molecule has 0 bridgehead atoms.